The molecule has 2 heterocycles. The Balaban J connectivity index is 1.83. The molecule has 0 spiro atoms. The minimum absolute atomic E-state index is 0.0867. The van der Waals surface area contributed by atoms with Crippen LogP contribution in [0.1, 0.15) is 42.2 Å². The predicted octanol–water partition coefficient (Wildman–Crippen LogP) is 3.30. The number of aromatic nitrogens is 2. The van der Waals surface area contributed by atoms with E-state index in [-0.39, 0.29) is 11.8 Å². The summed E-state index contributed by atoms with van der Waals surface area (Å²) in [5.41, 5.74) is 3.63. The summed E-state index contributed by atoms with van der Waals surface area (Å²) in [6.45, 7) is 6.54. The lowest BCUT2D eigenvalue weighted by Crippen LogP contribution is -2.30. The summed E-state index contributed by atoms with van der Waals surface area (Å²) in [5, 5.41) is 11.4. The fourth-order valence-corrected chi connectivity index (χ4v) is 3.21. The maximum absolute atomic E-state index is 12.7. The van der Waals surface area contributed by atoms with E-state index < -0.39 is 0 Å². The summed E-state index contributed by atoms with van der Waals surface area (Å²) in [5.74, 6) is 0.0664. The van der Waals surface area contributed by atoms with Gasteiger partial charge in [0.15, 0.2) is 0 Å². The van der Waals surface area contributed by atoms with E-state index in [1.807, 2.05) is 24.3 Å². The Morgan fingerprint density at radius 2 is 2.28 bits per heavy atom. The summed E-state index contributed by atoms with van der Waals surface area (Å²) in [7, 11) is 0. The van der Waals surface area contributed by atoms with Crippen LogP contribution in [-0.2, 0) is 0 Å². The maximum Gasteiger partial charge on any atom is 0.255 e. The van der Waals surface area contributed by atoms with Crippen LogP contribution in [0, 0.1) is 0 Å². The van der Waals surface area contributed by atoms with Crippen LogP contribution in [0.5, 0.6) is 0 Å². The Hall–Kier alpha value is -2.11. The normalized spacial score (nSPS) is 14.5. The van der Waals surface area contributed by atoms with E-state index >= 15 is 0 Å². The van der Waals surface area contributed by atoms with Crippen molar-refractivity contribution in [2.75, 3.05) is 19.6 Å². The minimum atomic E-state index is -0.0867. The average Bonchev–Trinajstić information content (AvgIpc) is 3.06. The van der Waals surface area contributed by atoms with Gasteiger partial charge in [-0.2, -0.15) is 5.10 Å². The number of benzene rings is 1. The van der Waals surface area contributed by atoms with Crippen molar-refractivity contribution in [1.82, 2.24) is 20.4 Å². The lowest BCUT2D eigenvalue weighted by atomic mass is 10.0. The van der Waals surface area contributed by atoms with E-state index in [0.717, 1.165) is 30.9 Å². The third kappa shape index (κ3) is 4.11. The van der Waals surface area contributed by atoms with Crippen LogP contribution in [0.15, 0.2) is 42.1 Å². The first-order chi connectivity index (χ1) is 12.1. The van der Waals surface area contributed by atoms with Gasteiger partial charge in [-0.3, -0.25) is 4.79 Å². The van der Waals surface area contributed by atoms with Gasteiger partial charge in [0.1, 0.15) is 0 Å². The number of hydrogen-bond donors (Lipinski definition) is 2. The van der Waals surface area contributed by atoms with Gasteiger partial charge in [0.2, 0.25) is 0 Å². The van der Waals surface area contributed by atoms with Crippen molar-refractivity contribution in [2.24, 2.45) is 0 Å². The van der Waals surface area contributed by atoms with Gasteiger partial charge in [-0.25, -0.2) is 4.68 Å². The Labute approximate surface area is 153 Å². The van der Waals surface area contributed by atoms with Crippen molar-refractivity contribution >= 4 is 17.5 Å². The Bertz CT molecular complexity index is 794. The van der Waals surface area contributed by atoms with E-state index in [0.29, 0.717) is 17.1 Å². The monoisotopic (exact) mass is 358 g/mol. The molecule has 2 N–H and O–H groups in total. The predicted molar refractivity (Wildman–Crippen MR) is 101 cm³/mol. The highest BCUT2D eigenvalue weighted by Gasteiger charge is 2.21. The first-order valence-corrected chi connectivity index (χ1v) is 8.94. The van der Waals surface area contributed by atoms with Gasteiger partial charge in [0, 0.05) is 18.1 Å². The number of nitrogens with one attached hydrogen (secondary N) is 2. The number of nitrogens with zero attached hydrogens (tertiary/aromatic N) is 2. The van der Waals surface area contributed by atoms with Crippen LogP contribution in [0.2, 0.25) is 5.02 Å². The topological polar surface area (TPSA) is 59.0 Å². The summed E-state index contributed by atoms with van der Waals surface area (Å²) in [6.07, 6.45) is 4.75. The lowest BCUT2D eigenvalue weighted by molar-refractivity contribution is 0.0955. The molecule has 25 heavy (non-hydrogen) atoms. The highest BCUT2D eigenvalue weighted by molar-refractivity contribution is 6.30. The third-order valence-corrected chi connectivity index (χ3v) is 4.52. The smallest absolute Gasteiger partial charge is 0.255 e. The van der Waals surface area contributed by atoms with Crippen LogP contribution in [0.3, 0.4) is 0 Å². The molecule has 6 heteroatoms. The Morgan fingerprint density at radius 1 is 1.44 bits per heavy atom. The van der Waals surface area contributed by atoms with Gasteiger partial charge < -0.3 is 10.6 Å². The summed E-state index contributed by atoms with van der Waals surface area (Å²) >= 11 is 6.10. The molecule has 1 aromatic heterocycles. The molecule has 1 aromatic carbocycles. The van der Waals surface area contributed by atoms with Crippen LogP contribution >= 0.6 is 11.6 Å². The second-order valence-corrected chi connectivity index (χ2v) is 6.93. The van der Waals surface area contributed by atoms with E-state index in [1.165, 1.54) is 5.57 Å². The third-order valence-electron chi connectivity index (χ3n) is 4.28. The van der Waals surface area contributed by atoms with Gasteiger partial charge in [0.05, 0.1) is 23.1 Å². The molecule has 0 radical (unpaired) electrons. The van der Waals surface area contributed by atoms with E-state index in [4.69, 9.17) is 11.6 Å². The molecule has 0 aliphatic carbocycles. The van der Waals surface area contributed by atoms with Crippen molar-refractivity contribution in [3.05, 3.63) is 58.4 Å². The first kappa shape index (κ1) is 17.7. The number of amides is 1. The van der Waals surface area contributed by atoms with Gasteiger partial charge in [-0.15, -0.1) is 0 Å². The van der Waals surface area contributed by atoms with Gasteiger partial charge in [-0.05, 0) is 37.1 Å². The fraction of sp³-hybridized carbons (Fsp3) is 0.368. The van der Waals surface area contributed by atoms with E-state index in [2.05, 4.69) is 35.7 Å². The number of rotatable bonds is 5. The van der Waals surface area contributed by atoms with E-state index in [1.54, 1.807) is 10.9 Å². The Morgan fingerprint density at radius 3 is 2.96 bits per heavy atom. The molecule has 0 unspecified atom stereocenters. The molecule has 0 bridgehead atoms. The van der Waals surface area contributed by atoms with Gasteiger partial charge >= 0.3 is 0 Å². The molecular formula is C19H23ClN4O. The maximum atomic E-state index is 12.7. The summed E-state index contributed by atoms with van der Waals surface area (Å²) in [4.78, 5) is 12.7. The van der Waals surface area contributed by atoms with Crippen molar-refractivity contribution in [2.45, 2.75) is 26.2 Å². The SMILES string of the molecule is CC(C)c1c(C(=O)NCC2=CCNCC2)cnn1-c1cccc(Cl)c1. The fourth-order valence-electron chi connectivity index (χ4n) is 3.02. The largest absolute Gasteiger partial charge is 0.348 e. The van der Waals surface area contributed by atoms with Crippen LogP contribution in [-0.4, -0.2) is 35.3 Å². The molecule has 5 nitrogen and oxygen atoms in total. The summed E-state index contributed by atoms with van der Waals surface area (Å²) in [6, 6.07) is 7.49. The second kappa shape index (κ2) is 7.85. The number of carbonyl (C=O) groups excluding carboxylic acids is 1. The van der Waals surface area contributed by atoms with Crippen molar-refractivity contribution in [3.8, 4) is 5.69 Å². The molecule has 0 saturated carbocycles. The molecular weight excluding hydrogens is 336 g/mol. The zero-order valence-corrected chi connectivity index (χ0v) is 15.3. The van der Waals surface area contributed by atoms with Crippen molar-refractivity contribution < 1.29 is 4.79 Å². The zero-order valence-electron chi connectivity index (χ0n) is 14.6. The standard InChI is InChI=1S/C19H23ClN4O/c1-13(2)18-17(19(25)22-11-14-6-8-21-9-7-14)12-23-24(18)16-5-3-4-15(20)10-16/h3-6,10,12-13,21H,7-9,11H2,1-2H3,(H,22,25). The number of hydrogen-bond acceptors (Lipinski definition) is 3. The molecule has 1 aliphatic rings. The van der Waals surface area contributed by atoms with Gasteiger partial charge in [0.25, 0.3) is 5.91 Å². The zero-order chi connectivity index (χ0) is 17.8. The Kier molecular flexibility index (Phi) is 5.56. The molecule has 132 valence electrons. The van der Waals surface area contributed by atoms with Gasteiger partial charge in [-0.1, -0.05) is 43.2 Å². The molecule has 3 rings (SSSR count). The first-order valence-electron chi connectivity index (χ1n) is 8.57. The molecule has 0 saturated heterocycles. The number of carbonyl (C=O) groups is 1. The summed E-state index contributed by atoms with van der Waals surface area (Å²) < 4.78 is 1.80. The number of halogens is 1. The quantitative estimate of drug-likeness (QED) is 0.806. The van der Waals surface area contributed by atoms with E-state index in [9.17, 15) is 4.79 Å². The van der Waals surface area contributed by atoms with Crippen LogP contribution in [0.4, 0.5) is 0 Å². The highest BCUT2D eigenvalue weighted by Crippen LogP contribution is 2.24. The minimum Gasteiger partial charge on any atom is -0.348 e. The highest BCUT2D eigenvalue weighted by atomic mass is 35.5. The second-order valence-electron chi connectivity index (χ2n) is 6.49. The van der Waals surface area contributed by atoms with Crippen molar-refractivity contribution in [1.29, 1.82) is 0 Å². The van der Waals surface area contributed by atoms with Crippen molar-refractivity contribution in [3.63, 3.8) is 0 Å². The molecule has 0 fully saturated rings. The lowest BCUT2D eigenvalue weighted by Gasteiger charge is -2.16. The molecule has 2 aromatic rings. The molecule has 1 aliphatic heterocycles. The van der Waals surface area contributed by atoms with Crippen LogP contribution < -0.4 is 10.6 Å². The molecule has 0 atom stereocenters. The van der Waals surface area contributed by atoms with Crippen LogP contribution in [0.25, 0.3) is 5.69 Å². The average molecular weight is 359 g/mol. The molecule has 1 amide bonds.